The van der Waals surface area contributed by atoms with Crippen molar-refractivity contribution < 1.29 is 22.3 Å². The topological polar surface area (TPSA) is 22.1 Å². The molecule has 0 aliphatic rings. The van der Waals surface area contributed by atoms with Gasteiger partial charge < -0.3 is 4.74 Å². The number of halogens is 4. The van der Waals surface area contributed by atoms with E-state index in [1.54, 1.807) is 0 Å². The van der Waals surface area contributed by atoms with E-state index in [0.29, 0.717) is 12.3 Å². The molecule has 0 aliphatic heterocycles. The molecule has 0 amide bonds. The Balaban J connectivity index is 3.22. The van der Waals surface area contributed by atoms with Gasteiger partial charge in [0.25, 0.3) is 0 Å². The zero-order valence-corrected chi connectivity index (χ0v) is 6.52. The Morgan fingerprint density at radius 2 is 2.00 bits per heavy atom. The smallest absolute Gasteiger partial charge is 0.421 e. The number of aromatic nitrogens is 1. The fourth-order valence-electron chi connectivity index (χ4n) is 0.795. The number of rotatable bonds is 1. The molecule has 0 unspecified atom stereocenters. The summed E-state index contributed by atoms with van der Waals surface area (Å²) in [5.41, 5.74) is -1.09. The largest absolute Gasteiger partial charge is 0.496 e. The number of methoxy groups -OCH3 is 1. The Morgan fingerprint density at radius 1 is 1.38 bits per heavy atom. The number of ether oxygens (including phenoxy) is 1. The minimum atomic E-state index is -4.58. The fraction of sp³-hybridized carbons (Fsp3) is 0.286. The third-order valence-corrected chi connectivity index (χ3v) is 1.36. The van der Waals surface area contributed by atoms with Crippen LogP contribution in [0.2, 0.25) is 0 Å². The highest BCUT2D eigenvalue weighted by Crippen LogP contribution is 2.35. The molecule has 72 valence electrons. The third kappa shape index (κ3) is 2.07. The molecule has 0 saturated carbocycles. The molecule has 0 atom stereocenters. The zero-order chi connectivity index (χ0) is 10.1. The Hall–Kier alpha value is -1.33. The highest BCUT2D eigenvalue weighted by atomic mass is 19.4. The number of pyridine rings is 1. The van der Waals surface area contributed by atoms with Gasteiger partial charge in [0, 0.05) is 12.3 Å². The summed E-state index contributed by atoms with van der Waals surface area (Å²) in [5.74, 6) is -1.58. The molecule has 0 bridgehead atoms. The Morgan fingerprint density at radius 3 is 2.46 bits per heavy atom. The highest BCUT2D eigenvalue weighted by molar-refractivity contribution is 5.32. The van der Waals surface area contributed by atoms with Crippen molar-refractivity contribution in [2.75, 3.05) is 7.11 Å². The van der Waals surface area contributed by atoms with Crippen molar-refractivity contribution in [3.63, 3.8) is 0 Å². The van der Waals surface area contributed by atoms with Crippen LogP contribution in [0.1, 0.15) is 5.56 Å². The van der Waals surface area contributed by atoms with Gasteiger partial charge in [-0.15, -0.1) is 0 Å². The average Bonchev–Trinajstić information content (AvgIpc) is 2.01. The van der Waals surface area contributed by atoms with Gasteiger partial charge in [0.05, 0.1) is 7.11 Å². The van der Waals surface area contributed by atoms with Gasteiger partial charge >= 0.3 is 6.18 Å². The highest BCUT2D eigenvalue weighted by Gasteiger charge is 2.34. The molecule has 0 aromatic carbocycles. The van der Waals surface area contributed by atoms with Gasteiger partial charge in [-0.3, -0.25) is 0 Å². The van der Waals surface area contributed by atoms with E-state index in [2.05, 4.69) is 9.72 Å². The Labute approximate surface area is 71.2 Å². The molecule has 0 spiro atoms. The van der Waals surface area contributed by atoms with Crippen LogP contribution in [0.3, 0.4) is 0 Å². The summed E-state index contributed by atoms with van der Waals surface area (Å²) < 4.78 is 53.1. The summed E-state index contributed by atoms with van der Waals surface area (Å²) in [4.78, 5) is 2.89. The van der Waals surface area contributed by atoms with Crippen molar-refractivity contribution in [2.45, 2.75) is 6.18 Å². The van der Waals surface area contributed by atoms with Crippen LogP contribution in [0.15, 0.2) is 12.3 Å². The molecule has 1 rings (SSSR count). The molecule has 2 nitrogen and oxygen atoms in total. The molecule has 0 aliphatic carbocycles. The van der Waals surface area contributed by atoms with Gasteiger partial charge in [0.1, 0.15) is 11.3 Å². The lowest BCUT2D eigenvalue weighted by atomic mass is 10.2. The van der Waals surface area contributed by atoms with Gasteiger partial charge in [-0.1, -0.05) is 0 Å². The summed E-state index contributed by atoms with van der Waals surface area (Å²) >= 11 is 0. The molecule has 13 heavy (non-hydrogen) atoms. The second kappa shape index (κ2) is 3.20. The predicted octanol–water partition coefficient (Wildman–Crippen LogP) is 2.25. The summed E-state index contributed by atoms with van der Waals surface area (Å²) in [6.45, 7) is 0. The van der Waals surface area contributed by atoms with Crippen molar-refractivity contribution in [3.05, 3.63) is 23.8 Å². The van der Waals surface area contributed by atoms with Crippen LogP contribution in [-0.2, 0) is 6.18 Å². The van der Waals surface area contributed by atoms with E-state index in [1.807, 2.05) is 0 Å². The van der Waals surface area contributed by atoms with Gasteiger partial charge in [-0.25, -0.2) is 4.98 Å². The minimum absolute atomic E-state index is 0.397. The monoisotopic (exact) mass is 195 g/mol. The Bertz CT molecular complexity index is 310. The summed E-state index contributed by atoms with van der Waals surface area (Å²) in [7, 11) is 1.03. The van der Waals surface area contributed by atoms with E-state index in [-0.39, 0.29) is 0 Å². The standard InChI is InChI=1S/C7H5F4NO/c1-13-5-2-6(8)12-3-4(5)7(9,10)11/h2-3H,1H3. The molecule has 0 N–H and O–H groups in total. The number of nitrogens with zero attached hydrogens (tertiary/aromatic N) is 1. The first kappa shape index (κ1) is 9.76. The average molecular weight is 195 g/mol. The molecule has 6 heteroatoms. The van der Waals surface area contributed by atoms with Crippen LogP contribution >= 0.6 is 0 Å². The van der Waals surface area contributed by atoms with E-state index in [1.165, 1.54) is 0 Å². The van der Waals surface area contributed by atoms with Crippen molar-refractivity contribution >= 4 is 0 Å². The first-order valence-corrected chi connectivity index (χ1v) is 3.22. The SMILES string of the molecule is COc1cc(F)ncc1C(F)(F)F. The van der Waals surface area contributed by atoms with E-state index in [4.69, 9.17) is 0 Å². The second-order valence-electron chi connectivity index (χ2n) is 2.21. The van der Waals surface area contributed by atoms with E-state index in [0.717, 1.165) is 7.11 Å². The van der Waals surface area contributed by atoms with Crippen LogP contribution in [-0.4, -0.2) is 12.1 Å². The minimum Gasteiger partial charge on any atom is -0.496 e. The summed E-state index contributed by atoms with van der Waals surface area (Å²) in [6, 6.07) is 0.586. The number of hydrogen-bond donors (Lipinski definition) is 0. The molecule has 1 aromatic rings. The van der Waals surface area contributed by atoms with Crippen molar-refractivity contribution in [3.8, 4) is 5.75 Å². The molecular weight excluding hydrogens is 190 g/mol. The van der Waals surface area contributed by atoms with Crippen LogP contribution in [0.4, 0.5) is 17.6 Å². The lowest BCUT2D eigenvalue weighted by molar-refractivity contribution is -0.139. The van der Waals surface area contributed by atoms with E-state index < -0.39 is 23.4 Å². The normalized spacial score (nSPS) is 11.5. The lowest BCUT2D eigenvalue weighted by Gasteiger charge is -2.10. The first-order valence-electron chi connectivity index (χ1n) is 3.22. The maximum Gasteiger partial charge on any atom is 0.421 e. The van der Waals surface area contributed by atoms with Gasteiger partial charge in [-0.2, -0.15) is 17.6 Å². The van der Waals surface area contributed by atoms with Gasteiger partial charge in [0.2, 0.25) is 5.95 Å². The van der Waals surface area contributed by atoms with Crippen LogP contribution in [0.5, 0.6) is 5.75 Å². The van der Waals surface area contributed by atoms with E-state index in [9.17, 15) is 17.6 Å². The molecule has 0 fully saturated rings. The Kier molecular flexibility index (Phi) is 2.40. The maximum absolute atomic E-state index is 12.4. The van der Waals surface area contributed by atoms with Crippen molar-refractivity contribution in [1.82, 2.24) is 4.98 Å². The lowest BCUT2D eigenvalue weighted by Crippen LogP contribution is -2.08. The van der Waals surface area contributed by atoms with Gasteiger partial charge in [0.15, 0.2) is 0 Å². The summed E-state index contributed by atoms with van der Waals surface area (Å²) in [5, 5.41) is 0. The molecule has 0 saturated heterocycles. The second-order valence-corrected chi connectivity index (χ2v) is 2.21. The molecule has 1 aromatic heterocycles. The van der Waals surface area contributed by atoms with Crippen LogP contribution < -0.4 is 4.74 Å². The molecular formula is C7H5F4NO. The van der Waals surface area contributed by atoms with Crippen LogP contribution in [0, 0.1) is 5.95 Å². The molecule has 0 radical (unpaired) electrons. The first-order chi connectivity index (χ1) is 5.95. The molecule has 1 heterocycles. The van der Waals surface area contributed by atoms with Crippen molar-refractivity contribution in [1.29, 1.82) is 0 Å². The van der Waals surface area contributed by atoms with Gasteiger partial charge in [-0.05, 0) is 0 Å². The quantitative estimate of drug-likeness (QED) is 0.506. The fourth-order valence-corrected chi connectivity index (χ4v) is 0.795. The maximum atomic E-state index is 12.4. The van der Waals surface area contributed by atoms with Crippen LogP contribution in [0.25, 0.3) is 0 Å². The number of alkyl halides is 3. The zero-order valence-electron chi connectivity index (χ0n) is 6.52. The predicted molar refractivity (Wildman–Crippen MR) is 35.7 cm³/mol. The third-order valence-electron chi connectivity index (χ3n) is 1.36. The van der Waals surface area contributed by atoms with Crippen molar-refractivity contribution in [2.24, 2.45) is 0 Å². The number of hydrogen-bond acceptors (Lipinski definition) is 2. The van der Waals surface area contributed by atoms with E-state index >= 15 is 0 Å². The summed E-state index contributed by atoms with van der Waals surface area (Å²) in [6.07, 6.45) is -4.18.